The molecule has 0 unspecified atom stereocenters. The van der Waals surface area contributed by atoms with E-state index in [0.29, 0.717) is 5.82 Å². The van der Waals surface area contributed by atoms with Crippen molar-refractivity contribution in [1.29, 1.82) is 0 Å². The monoisotopic (exact) mass is 699 g/mol. The van der Waals surface area contributed by atoms with Crippen molar-refractivity contribution in [3.63, 3.8) is 0 Å². The SMILES string of the molecule is c1ccc(-c2cc(-c3cc(-c4ccc5c6ccccc6c6ccccc6c5c4)cc(-n4c5ccccc5c5ccccc54)c3)nc(-c3ccccc3)n2)cc1. The van der Waals surface area contributed by atoms with E-state index in [-0.39, 0.29) is 0 Å². The highest BCUT2D eigenvalue weighted by Gasteiger charge is 2.17. The lowest BCUT2D eigenvalue weighted by Crippen LogP contribution is -1.99. The van der Waals surface area contributed by atoms with Crippen molar-refractivity contribution in [3.05, 3.63) is 200 Å². The predicted molar refractivity (Wildman–Crippen MR) is 231 cm³/mol. The van der Waals surface area contributed by atoms with Gasteiger partial charge in [-0.3, -0.25) is 0 Å². The summed E-state index contributed by atoms with van der Waals surface area (Å²) in [5.74, 6) is 0.699. The van der Waals surface area contributed by atoms with Gasteiger partial charge >= 0.3 is 0 Å². The highest BCUT2D eigenvalue weighted by molar-refractivity contribution is 6.25. The van der Waals surface area contributed by atoms with E-state index in [2.05, 4.69) is 180 Å². The van der Waals surface area contributed by atoms with Crippen LogP contribution in [0.15, 0.2) is 200 Å². The van der Waals surface area contributed by atoms with Crippen LogP contribution in [0.3, 0.4) is 0 Å². The number of rotatable bonds is 5. The molecule has 0 bridgehead atoms. The highest BCUT2D eigenvalue weighted by atomic mass is 15.0. The summed E-state index contributed by atoms with van der Waals surface area (Å²) in [4.78, 5) is 10.4. The van der Waals surface area contributed by atoms with Gasteiger partial charge in [0.15, 0.2) is 5.82 Å². The summed E-state index contributed by atoms with van der Waals surface area (Å²) in [5.41, 5.74) is 10.5. The van der Waals surface area contributed by atoms with E-state index in [1.54, 1.807) is 0 Å². The normalized spacial score (nSPS) is 11.6. The third kappa shape index (κ3) is 5.20. The van der Waals surface area contributed by atoms with Gasteiger partial charge < -0.3 is 4.57 Å². The van der Waals surface area contributed by atoms with Gasteiger partial charge in [0.2, 0.25) is 0 Å². The first-order valence-corrected chi connectivity index (χ1v) is 18.7. The summed E-state index contributed by atoms with van der Waals surface area (Å²) in [6.07, 6.45) is 0. The first-order valence-electron chi connectivity index (χ1n) is 18.7. The fourth-order valence-electron chi connectivity index (χ4n) is 8.41. The van der Waals surface area contributed by atoms with Crippen molar-refractivity contribution < 1.29 is 0 Å². The smallest absolute Gasteiger partial charge is 0.160 e. The Kier molecular flexibility index (Phi) is 7.17. The molecule has 0 saturated heterocycles. The van der Waals surface area contributed by atoms with Gasteiger partial charge in [0.25, 0.3) is 0 Å². The second-order valence-electron chi connectivity index (χ2n) is 14.2. The molecule has 0 aliphatic carbocycles. The molecule has 0 N–H and O–H groups in total. The van der Waals surface area contributed by atoms with Crippen molar-refractivity contribution >= 4 is 54.1 Å². The number of fused-ring (bicyclic) bond motifs is 9. The number of aromatic nitrogens is 3. The number of benzene rings is 9. The van der Waals surface area contributed by atoms with E-state index in [1.165, 1.54) is 54.1 Å². The van der Waals surface area contributed by atoms with Crippen molar-refractivity contribution in [1.82, 2.24) is 14.5 Å². The first kappa shape index (κ1) is 31.2. The van der Waals surface area contributed by atoms with Gasteiger partial charge in [-0.2, -0.15) is 0 Å². The lowest BCUT2D eigenvalue weighted by atomic mass is 9.91. The minimum absolute atomic E-state index is 0.699. The summed E-state index contributed by atoms with van der Waals surface area (Å²) in [6, 6.07) is 71.6. The molecule has 0 aliphatic rings. The average molecular weight is 700 g/mol. The van der Waals surface area contributed by atoms with Crippen LogP contribution in [0.5, 0.6) is 0 Å². The molecule has 256 valence electrons. The van der Waals surface area contributed by atoms with E-state index in [0.717, 1.165) is 44.9 Å². The molecule has 0 amide bonds. The molecular formula is C52H33N3. The molecule has 0 aliphatic heterocycles. The van der Waals surface area contributed by atoms with Crippen molar-refractivity contribution in [2.75, 3.05) is 0 Å². The number of nitrogens with zero attached hydrogens (tertiary/aromatic N) is 3. The van der Waals surface area contributed by atoms with Gasteiger partial charge in [-0.25, -0.2) is 9.97 Å². The maximum absolute atomic E-state index is 5.29. The van der Waals surface area contributed by atoms with Crippen LogP contribution < -0.4 is 0 Å². The molecule has 2 aromatic heterocycles. The Bertz CT molecular complexity index is 3110. The molecule has 0 atom stereocenters. The number of hydrogen-bond donors (Lipinski definition) is 0. The molecule has 0 spiro atoms. The van der Waals surface area contributed by atoms with Gasteiger partial charge in [0, 0.05) is 33.2 Å². The van der Waals surface area contributed by atoms with E-state index in [4.69, 9.17) is 9.97 Å². The van der Waals surface area contributed by atoms with Crippen LogP contribution in [0.4, 0.5) is 0 Å². The number of hydrogen-bond acceptors (Lipinski definition) is 2. The van der Waals surface area contributed by atoms with Crippen LogP contribution in [0.2, 0.25) is 0 Å². The maximum atomic E-state index is 5.29. The minimum atomic E-state index is 0.699. The molecule has 9 aromatic carbocycles. The van der Waals surface area contributed by atoms with E-state index >= 15 is 0 Å². The van der Waals surface area contributed by atoms with Crippen LogP contribution >= 0.6 is 0 Å². The minimum Gasteiger partial charge on any atom is -0.309 e. The van der Waals surface area contributed by atoms with Gasteiger partial charge in [-0.05, 0) is 85.9 Å². The molecule has 3 heteroatoms. The van der Waals surface area contributed by atoms with Crippen LogP contribution in [0.25, 0.3) is 105 Å². The fraction of sp³-hybridized carbons (Fsp3) is 0. The maximum Gasteiger partial charge on any atom is 0.160 e. The standard InChI is InChI=1S/C52H33N3/c1-3-15-34(16-4-1)48-33-49(54-52(53-48)35-17-5-2-6-18-35)38-29-37(30-39(31-38)55-50-25-13-11-23-45(50)46-24-12-14-26-51(46)55)36-27-28-44-42-21-8-7-19-40(42)41-20-9-10-22-43(41)47(44)32-36/h1-33H. The van der Waals surface area contributed by atoms with Gasteiger partial charge in [-0.15, -0.1) is 0 Å². The van der Waals surface area contributed by atoms with E-state index in [9.17, 15) is 0 Å². The topological polar surface area (TPSA) is 30.7 Å². The lowest BCUT2D eigenvalue weighted by molar-refractivity contribution is 1.16. The van der Waals surface area contributed by atoms with Crippen LogP contribution in [0.1, 0.15) is 0 Å². The molecule has 3 nitrogen and oxygen atoms in total. The number of para-hydroxylation sites is 2. The lowest BCUT2D eigenvalue weighted by Gasteiger charge is -2.16. The molecule has 2 heterocycles. The van der Waals surface area contributed by atoms with Crippen molar-refractivity contribution in [2.45, 2.75) is 0 Å². The Morgan fingerprint density at radius 2 is 0.727 bits per heavy atom. The third-order valence-corrected chi connectivity index (χ3v) is 11.0. The zero-order valence-corrected chi connectivity index (χ0v) is 29.9. The molecule has 0 saturated carbocycles. The largest absolute Gasteiger partial charge is 0.309 e. The molecule has 55 heavy (non-hydrogen) atoms. The average Bonchev–Trinajstić information content (AvgIpc) is 3.61. The van der Waals surface area contributed by atoms with Gasteiger partial charge in [0.1, 0.15) is 0 Å². The summed E-state index contributed by atoms with van der Waals surface area (Å²) in [6.45, 7) is 0. The van der Waals surface area contributed by atoms with Crippen LogP contribution in [-0.4, -0.2) is 14.5 Å². The summed E-state index contributed by atoms with van der Waals surface area (Å²) in [7, 11) is 0. The summed E-state index contributed by atoms with van der Waals surface area (Å²) in [5, 5.41) is 10.0. The first-order chi connectivity index (χ1) is 27.3. The zero-order chi connectivity index (χ0) is 36.3. The van der Waals surface area contributed by atoms with Crippen molar-refractivity contribution in [2.24, 2.45) is 0 Å². The van der Waals surface area contributed by atoms with Gasteiger partial charge in [-0.1, -0.05) is 158 Å². The second kappa shape index (κ2) is 12.6. The quantitative estimate of drug-likeness (QED) is 0.167. The Labute approximate surface area is 318 Å². The second-order valence-corrected chi connectivity index (χ2v) is 14.2. The Hall–Kier alpha value is -7.36. The Morgan fingerprint density at radius 1 is 0.273 bits per heavy atom. The molecule has 11 rings (SSSR count). The summed E-state index contributed by atoms with van der Waals surface area (Å²) < 4.78 is 2.40. The molecule has 0 radical (unpaired) electrons. The predicted octanol–water partition coefficient (Wildman–Crippen LogP) is 13.7. The Morgan fingerprint density at radius 3 is 1.33 bits per heavy atom. The van der Waals surface area contributed by atoms with E-state index < -0.39 is 0 Å². The molecule has 0 fully saturated rings. The zero-order valence-electron chi connectivity index (χ0n) is 29.9. The third-order valence-electron chi connectivity index (χ3n) is 11.0. The highest BCUT2D eigenvalue weighted by Crippen LogP contribution is 2.40. The van der Waals surface area contributed by atoms with Crippen LogP contribution in [0, 0.1) is 0 Å². The fourth-order valence-corrected chi connectivity index (χ4v) is 8.41. The van der Waals surface area contributed by atoms with E-state index in [1.807, 2.05) is 24.3 Å². The molecule has 11 aromatic rings. The Balaban J connectivity index is 1.21. The van der Waals surface area contributed by atoms with Crippen molar-refractivity contribution in [3.8, 4) is 50.7 Å². The summed E-state index contributed by atoms with van der Waals surface area (Å²) >= 11 is 0. The molecular weight excluding hydrogens is 667 g/mol. The van der Waals surface area contributed by atoms with Crippen LogP contribution in [-0.2, 0) is 0 Å². The van der Waals surface area contributed by atoms with Gasteiger partial charge in [0.05, 0.1) is 22.4 Å².